The summed E-state index contributed by atoms with van der Waals surface area (Å²) in [6, 6.07) is 0. The number of carbonyl (C=O) groups is 2. The Morgan fingerprint density at radius 3 is 2.23 bits per heavy atom. The van der Waals surface area contributed by atoms with Crippen molar-refractivity contribution in [3.8, 4) is 0 Å². The van der Waals surface area contributed by atoms with Crippen LogP contribution in [0.1, 0.15) is 27.2 Å². The van der Waals surface area contributed by atoms with Crippen molar-refractivity contribution in [1.29, 1.82) is 0 Å². The van der Waals surface area contributed by atoms with Crippen molar-refractivity contribution >= 4 is 28.3 Å². The van der Waals surface area contributed by atoms with E-state index in [1.807, 2.05) is 20.8 Å². The van der Waals surface area contributed by atoms with Crippen LogP contribution in [-0.2, 0) is 19.1 Å². The van der Waals surface area contributed by atoms with Crippen LogP contribution in [0.5, 0.6) is 0 Å². The molecular weight excluding hydrogens is 356 g/mol. The second kappa shape index (κ2) is 12.2. The van der Waals surface area contributed by atoms with Gasteiger partial charge in [0.25, 0.3) is 0 Å². The molecule has 0 fully saturated rings. The highest BCUT2D eigenvalue weighted by Gasteiger charge is 2.13. The second-order valence-electron chi connectivity index (χ2n) is 5.13. The number of halogens is 1. The van der Waals surface area contributed by atoms with Gasteiger partial charge in [0.1, 0.15) is 4.61 Å². The fourth-order valence-electron chi connectivity index (χ4n) is 0.857. The van der Waals surface area contributed by atoms with E-state index < -0.39 is 5.97 Å². The van der Waals surface area contributed by atoms with E-state index in [9.17, 15) is 9.59 Å². The Balaban J connectivity index is 0. The molecule has 9 heteroatoms. The van der Waals surface area contributed by atoms with Gasteiger partial charge >= 0.3 is 5.97 Å². The molecule has 0 aromatic heterocycles. The third kappa shape index (κ3) is 12.4. The number of nitrogens with one attached hydrogen (secondary N) is 1. The molecule has 130 valence electrons. The molecule has 0 spiro atoms. The SMILES string of the molecule is COC(=O)/C(N)=C(\Br)N(N)CCCNC=O.COC(C)(C)C. The van der Waals surface area contributed by atoms with Crippen LogP contribution in [0, 0.1) is 0 Å². The number of hydrazine groups is 1. The number of rotatable bonds is 7. The van der Waals surface area contributed by atoms with Crippen LogP contribution < -0.4 is 16.9 Å². The lowest BCUT2D eigenvalue weighted by atomic mass is 10.2. The molecule has 5 N–H and O–H groups in total. The van der Waals surface area contributed by atoms with Gasteiger partial charge in [0.15, 0.2) is 5.70 Å². The lowest BCUT2D eigenvalue weighted by molar-refractivity contribution is -0.136. The van der Waals surface area contributed by atoms with Crippen LogP contribution in [0.4, 0.5) is 0 Å². The van der Waals surface area contributed by atoms with E-state index in [1.165, 1.54) is 12.1 Å². The minimum absolute atomic E-state index is 0.0417. The quantitative estimate of drug-likeness (QED) is 0.111. The van der Waals surface area contributed by atoms with Crippen LogP contribution in [0.15, 0.2) is 10.3 Å². The van der Waals surface area contributed by atoms with E-state index >= 15 is 0 Å². The van der Waals surface area contributed by atoms with E-state index in [2.05, 4.69) is 26.0 Å². The number of esters is 1. The minimum Gasteiger partial charge on any atom is -0.464 e. The Bertz CT molecular complexity index is 370. The molecule has 0 aliphatic rings. The summed E-state index contributed by atoms with van der Waals surface area (Å²) in [4.78, 5) is 21.0. The molecule has 0 radical (unpaired) electrons. The zero-order valence-corrected chi connectivity index (χ0v) is 15.4. The van der Waals surface area contributed by atoms with Gasteiger partial charge in [-0.25, -0.2) is 10.6 Å². The zero-order valence-electron chi connectivity index (χ0n) is 13.8. The average Bonchev–Trinajstić information content (AvgIpc) is 2.48. The number of nitrogens with zero attached hydrogens (tertiary/aromatic N) is 1. The van der Waals surface area contributed by atoms with Crippen molar-refractivity contribution < 1.29 is 19.1 Å². The Kier molecular flexibility index (Phi) is 12.8. The zero-order chi connectivity index (χ0) is 17.8. The summed E-state index contributed by atoms with van der Waals surface area (Å²) in [5.74, 6) is 4.96. The highest BCUT2D eigenvalue weighted by molar-refractivity contribution is 9.11. The van der Waals surface area contributed by atoms with Gasteiger partial charge in [-0.1, -0.05) is 0 Å². The van der Waals surface area contributed by atoms with Crippen LogP contribution in [-0.4, -0.2) is 50.3 Å². The molecule has 0 aliphatic heterocycles. The van der Waals surface area contributed by atoms with Gasteiger partial charge in [0, 0.05) is 20.2 Å². The first-order chi connectivity index (χ1) is 10.1. The number of hydrogen-bond acceptors (Lipinski definition) is 7. The predicted molar refractivity (Wildman–Crippen MR) is 88.5 cm³/mol. The molecule has 0 heterocycles. The highest BCUT2D eigenvalue weighted by atomic mass is 79.9. The van der Waals surface area contributed by atoms with Gasteiger partial charge in [-0.15, -0.1) is 0 Å². The van der Waals surface area contributed by atoms with Gasteiger partial charge < -0.3 is 25.5 Å². The predicted octanol–water partition coefficient (Wildman–Crippen LogP) is 0.425. The maximum absolute atomic E-state index is 11.1. The lowest BCUT2D eigenvalue weighted by Gasteiger charge is -2.18. The van der Waals surface area contributed by atoms with Gasteiger partial charge in [0.05, 0.1) is 12.7 Å². The molecule has 0 aromatic rings. The summed E-state index contributed by atoms with van der Waals surface area (Å²) in [7, 11) is 2.93. The van der Waals surface area contributed by atoms with Crippen molar-refractivity contribution in [3.63, 3.8) is 0 Å². The largest absolute Gasteiger partial charge is 0.464 e. The summed E-state index contributed by atoms with van der Waals surface area (Å²) < 4.78 is 9.63. The number of methoxy groups -OCH3 is 2. The van der Waals surface area contributed by atoms with Gasteiger partial charge in [-0.05, 0) is 43.1 Å². The number of nitrogens with two attached hydrogens (primary N) is 2. The molecule has 1 amide bonds. The lowest BCUT2D eigenvalue weighted by Crippen LogP contribution is -2.34. The van der Waals surface area contributed by atoms with Crippen molar-refractivity contribution in [2.24, 2.45) is 11.6 Å². The second-order valence-corrected chi connectivity index (χ2v) is 5.88. The normalized spacial score (nSPS) is 11.6. The average molecular weight is 383 g/mol. The summed E-state index contributed by atoms with van der Waals surface area (Å²) in [5.41, 5.74) is 5.41. The Hall–Kier alpha value is -1.32. The van der Waals surface area contributed by atoms with E-state index in [0.717, 1.165) is 0 Å². The van der Waals surface area contributed by atoms with Gasteiger partial charge in [-0.2, -0.15) is 0 Å². The van der Waals surface area contributed by atoms with Gasteiger partial charge in [0.2, 0.25) is 6.41 Å². The van der Waals surface area contributed by atoms with Crippen molar-refractivity contribution in [3.05, 3.63) is 10.3 Å². The van der Waals surface area contributed by atoms with E-state index in [0.29, 0.717) is 25.9 Å². The number of amides is 1. The van der Waals surface area contributed by atoms with Crippen LogP contribution >= 0.6 is 15.9 Å². The molecule has 0 unspecified atom stereocenters. The van der Waals surface area contributed by atoms with Crippen molar-refractivity contribution in [1.82, 2.24) is 10.3 Å². The summed E-state index contributed by atoms with van der Waals surface area (Å²) in [6.45, 7) is 6.99. The monoisotopic (exact) mass is 382 g/mol. The van der Waals surface area contributed by atoms with Crippen LogP contribution in [0.3, 0.4) is 0 Å². The molecular formula is C13H27BrN4O4. The summed E-state index contributed by atoms with van der Waals surface area (Å²) in [5, 5.41) is 3.75. The molecule has 0 saturated heterocycles. The molecule has 0 bridgehead atoms. The van der Waals surface area contributed by atoms with Gasteiger partial charge in [-0.3, -0.25) is 4.79 Å². The highest BCUT2D eigenvalue weighted by Crippen LogP contribution is 2.12. The first kappa shape index (κ1) is 23.0. The fraction of sp³-hybridized carbons (Fsp3) is 0.692. The minimum atomic E-state index is -0.659. The molecule has 0 aromatic carbocycles. The number of ether oxygens (including phenoxy) is 2. The third-order valence-corrected chi connectivity index (χ3v) is 3.18. The Labute approximate surface area is 140 Å². The topological polar surface area (TPSA) is 120 Å². The first-order valence-corrected chi connectivity index (χ1v) is 7.38. The van der Waals surface area contributed by atoms with E-state index in [4.69, 9.17) is 16.3 Å². The molecule has 0 aliphatic carbocycles. The molecule has 0 atom stereocenters. The van der Waals surface area contributed by atoms with E-state index in [-0.39, 0.29) is 15.9 Å². The maximum Gasteiger partial charge on any atom is 0.356 e. The fourth-order valence-corrected chi connectivity index (χ4v) is 1.20. The maximum atomic E-state index is 11.1. The Morgan fingerprint density at radius 1 is 1.36 bits per heavy atom. The molecule has 0 rings (SSSR count). The van der Waals surface area contributed by atoms with Crippen molar-refractivity contribution in [2.75, 3.05) is 27.3 Å². The number of carbonyl (C=O) groups excluding carboxylic acids is 2. The number of hydrogen-bond donors (Lipinski definition) is 3. The third-order valence-electron chi connectivity index (χ3n) is 2.30. The molecule has 0 saturated carbocycles. The summed E-state index contributed by atoms with van der Waals surface area (Å²) >= 11 is 3.08. The smallest absolute Gasteiger partial charge is 0.356 e. The van der Waals surface area contributed by atoms with E-state index in [1.54, 1.807) is 7.11 Å². The first-order valence-electron chi connectivity index (χ1n) is 6.58. The standard InChI is InChI=1S/C8H15BrN4O3.C5H12O/c1-16-8(15)6(10)7(9)13(11)4-2-3-12-5-14;1-5(2,3)6-4/h5H,2-4,10-11H2,1H3,(H,12,14);1-4H3/b7-6-;. The molecule has 22 heavy (non-hydrogen) atoms. The van der Waals surface area contributed by atoms with Crippen LogP contribution in [0.25, 0.3) is 0 Å². The summed E-state index contributed by atoms with van der Waals surface area (Å²) in [6.07, 6.45) is 1.23. The van der Waals surface area contributed by atoms with Crippen molar-refractivity contribution in [2.45, 2.75) is 32.8 Å². The van der Waals surface area contributed by atoms with Crippen LogP contribution in [0.2, 0.25) is 0 Å². The molecule has 8 nitrogen and oxygen atoms in total. The Morgan fingerprint density at radius 2 is 1.86 bits per heavy atom.